The Labute approximate surface area is 90.2 Å². The molecule has 0 amide bonds. The van der Waals surface area contributed by atoms with Crippen molar-refractivity contribution in [1.29, 1.82) is 0 Å². The van der Waals surface area contributed by atoms with Gasteiger partial charge in [0.1, 0.15) is 6.10 Å². The minimum atomic E-state index is -0.628. The van der Waals surface area contributed by atoms with Crippen LogP contribution in [0.15, 0.2) is 0 Å². The molecule has 2 N–H and O–H groups in total. The van der Waals surface area contributed by atoms with E-state index in [1.165, 1.54) is 0 Å². The van der Waals surface area contributed by atoms with Gasteiger partial charge in [0.2, 0.25) is 0 Å². The third kappa shape index (κ3) is 3.47. The number of hydrogen-bond acceptors (Lipinski definition) is 4. The predicted molar refractivity (Wildman–Crippen MR) is 55.2 cm³/mol. The summed E-state index contributed by atoms with van der Waals surface area (Å²) in [5, 5.41) is 18.6. The Morgan fingerprint density at radius 2 is 2.13 bits per heavy atom. The maximum absolute atomic E-state index is 11.3. The van der Waals surface area contributed by atoms with E-state index in [0.717, 1.165) is 6.42 Å². The van der Waals surface area contributed by atoms with Crippen LogP contribution in [-0.4, -0.2) is 35.0 Å². The van der Waals surface area contributed by atoms with Gasteiger partial charge in [0.05, 0.1) is 18.6 Å². The van der Waals surface area contributed by atoms with Gasteiger partial charge < -0.3 is 14.9 Å². The smallest absolute Gasteiger partial charge is 0.312 e. The first kappa shape index (κ1) is 12.5. The fourth-order valence-electron chi connectivity index (χ4n) is 1.81. The Bertz CT molecular complexity index is 215. The molecule has 1 aliphatic heterocycles. The van der Waals surface area contributed by atoms with Crippen molar-refractivity contribution in [3.63, 3.8) is 0 Å². The topological polar surface area (TPSA) is 66.8 Å². The molecular weight excluding hydrogens is 196 g/mol. The van der Waals surface area contributed by atoms with Crippen molar-refractivity contribution < 1.29 is 19.7 Å². The SMILES string of the molecule is CC(C)CC[C@@H](O)[C@@H]1C[C@H](CO)OC1=O. The van der Waals surface area contributed by atoms with Crippen LogP contribution in [-0.2, 0) is 9.53 Å². The molecule has 0 bridgehead atoms. The van der Waals surface area contributed by atoms with Crippen LogP contribution in [0.2, 0.25) is 0 Å². The summed E-state index contributed by atoms with van der Waals surface area (Å²) in [6.07, 6.45) is 0.909. The summed E-state index contributed by atoms with van der Waals surface area (Å²) < 4.78 is 4.90. The average molecular weight is 216 g/mol. The molecule has 0 aromatic heterocycles. The second-order valence-corrected chi connectivity index (χ2v) is 4.62. The monoisotopic (exact) mass is 216 g/mol. The van der Waals surface area contributed by atoms with Gasteiger partial charge in [0, 0.05) is 6.42 Å². The van der Waals surface area contributed by atoms with Gasteiger partial charge in [0.25, 0.3) is 0 Å². The molecule has 15 heavy (non-hydrogen) atoms. The molecule has 0 radical (unpaired) electrons. The number of aliphatic hydroxyl groups is 2. The minimum Gasteiger partial charge on any atom is -0.460 e. The maximum atomic E-state index is 11.3. The van der Waals surface area contributed by atoms with Gasteiger partial charge in [-0.15, -0.1) is 0 Å². The molecule has 1 fully saturated rings. The van der Waals surface area contributed by atoms with Crippen molar-refractivity contribution in [3.05, 3.63) is 0 Å². The zero-order chi connectivity index (χ0) is 11.4. The lowest BCUT2D eigenvalue weighted by molar-refractivity contribution is -0.147. The molecule has 0 aliphatic carbocycles. The first-order chi connectivity index (χ1) is 7.04. The number of aliphatic hydroxyl groups excluding tert-OH is 2. The molecule has 0 spiro atoms. The molecule has 1 aliphatic rings. The van der Waals surface area contributed by atoms with Crippen LogP contribution in [0.5, 0.6) is 0 Å². The fraction of sp³-hybridized carbons (Fsp3) is 0.909. The zero-order valence-corrected chi connectivity index (χ0v) is 9.35. The van der Waals surface area contributed by atoms with Crippen molar-refractivity contribution in [2.75, 3.05) is 6.61 Å². The van der Waals surface area contributed by atoms with Crippen LogP contribution >= 0.6 is 0 Å². The first-order valence-electron chi connectivity index (χ1n) is 5.54. The van der Waals surface area contributed by atoms with Gasteiger partial charge in [-0.05, 0) is 18.8 Å². The van der Waals surface area contributed by atoms with Gasteiger partial charge in [-0.1, -0.05) is 13.8 Å². The van der Waals surface area contributed by atoms with Gasteiger partial charge in [-0.2, -0.15) is 0 Å². The van der Waals surface area contributed by atoms with Crippen molar-refractivity contribution in [1.82, 2.24) is 0 Å². The quantitative estimate of drug-likeness (QED) is 0.664. The molecule has 0 saturated carbocycles. The summed E-state index contributed by atoms with van der Waals surface area (Å²) >= 11 is 0. The number of esters is 1. The van der Waals surface area contributed by atoms with Crippen LogP contribution in [0.25, 0.3) is 0 Å². The Hall–Kier alpha value is -0.610. The van der Waals surface area contributed by atoms with E-state index < -0.39 is 18.1 Å². The van der Waals surface area contributed by atoms with Gasteiger partial charge in [0.15, 0.2) is 0 Å². The molecule has 0 aromatic carbocycles. The molecular formula is C11H20O4. The lowest BCUT2D eigenvalue weighted by atomic mass is 9.93. The second kappa shape index (κ2) is 5.47. The molecule has 4 heteroatoms. The minimum absolute atomic E-state index is 0.154. The average Bonchev–Trinajstić information content (AvgIpc) is 2.56. The summed E-state index contributed by atoms with van der Waals surface area (Å²) in [4.78, 5) is 11.3. The molecule has 1 saturated heterocycles. The van der Waals surface area contributed by atoms with Crippen molar-refractivity contribution in [3.8, 4) is 0 Å². The van der Waals surface area contributed by atoms with Crippen molar-refractivity contribution in [2.45, 2.75) is 45.3 Å². The van der Waals surface area contributed by atoms with E-state index in [0.29, 0.717) is 18.8 Å². The molecule has 88 valence electrons. The third-order valence-corrected chi connectivity index (χ3v) is 2.81. The highest BCUT2D eigenvalue weighted by molar-refractivity contribution is 5.75. The first-order valence-corrected chi connectivity index (χ1v) is 5.54. The van der Waals surface area contributed by atoms with E-state index in [1.807, 2.05) is 0 Å². The number of carbonyl (C=O) groups is 1. The molecule has 1 heterocycles. The lowest BCUT2D eigenvalue weighted by Crippen LogP contribution is -2.24. The zero-order valence-electron chi connectivity index (χ0n) is 9.35. The number of ether oxygens (including phenoxy) is 1. The van der Waals surface area contributed by atoms with Crippen LogP contribution in [0.1, 0.15) is 33.1 Å². The highest BCUT2D eigenvalue weighted by Gasteiger charge is 2.38. The molecule has 1 rings (SSSR count). The summed E-state index contributed by atoms with van der Waals surface area (Å²) in [5.74, 6) is -0.295. The highest BCUT2D eigenvalue weighted by atomic mass is 16.6. The largest absolute Gasteiger partial charge is 0.460 e. The summed E-state index contributed by atoms with van der Waals surface area (Å²) in [7, 11) is 0. The molecule has 3 atom stereocenters. The summed E-state index contributed by atoms with van der Waals surface area (Å²) in [6, 6.07) is 0. The summed E-state index contributed by atoms with van der Waals surface area (Å²) in [6.45, 7) is 4.01. The highest BCUT2D eigenvalue weighted by Crippen LogP contribution is 2.26. The van der Waals surface area contributed by atoms with E-state index in [-0.39, 0.29) is 12.6 Å². The molecule has 0 unspecified atom stereocenters. The van der Waals surface area contributed by atoms with Crippen LogP contribution in [0.3, 0.4) is 0 Å². The van der Waals surface area contributed by atoms with Gasteiger partial charge in [-0.3, -0.25) is 4.79 Å². The van der Waals surface area contributed by atoms with Crippen LogP contribution in [0, 0.1) is 11.8 Å². The van der Waals surface area contributed by atoms with Crippen LogP contribution in [0.4, 0.5) is 0 Å². The van der Waals surface area contributed by atoms with Crippen molar-refractivity contribution >= 4 is 5.97 Å². The lowest BCUT2D eigenvalue weighted by Gasteiger charge is -2.15. The van der Waals surface area contributed by atoms with E-state index in [4.69, 9.17) is 9.84 Å². The second-order valence-electron chi connectivity index (χ2n) is 4.62. The van der Waals surface area contributed by atoms with Gasteiger partial charge >= 0.3 is 5.97 Å². The summed E-state index contributed by atoms with van der Waals surface area (Å²) in [5.41, 5.74) is 0. The maximum Gasteiger partial charge on any atom is 0.312 e. The van der Waals surface area contributed by atoms with Crippen LogP contribution < -0.4 is 0 Å². The predicted octanol–water partition coefficient (Wildman–Crippen LogP) is 0.707. The third-order valence-electron chi connectivity index (χ3n) is 2.81. The standard InChI is InChI=1S/C11H20O4/c1-7(2)3-4-10(13)9-5-8(6-12)15-11(9)14/h7-10,12-13H,3-6H2,1-2H3/t8-,9+,10-/m1/s1. The van der Waals surface area contributed by atoms with E-state index >= 15 is 0 Å². The molecule has 4 nitrogen and oxygen atoms in total. The normalized spacial score (nSPS) is 28.2. The number of carbonyl (C=O) groups excluding carboxylic acids is 1. The molecule has 0 aromatic rings. The Morgan fingerprint density at radius 1 is 1.47 bits per heavy atom. The van der Waals surface area contributed by atoms with Crippen molar-refractivity contribution in [2.24, 2.45) is 11.8 Å². The fourth-order valence-corrected chi connectivity index (χ4v) is 1.81. The number of cyclic esters (lactones) is 1. The van der Waals surface area contributed by atoms with E-state index in [9.17, 15) is 9.90 Å². The number of hydrogen-bond donors (Lipinski definition) is 2. The van der Waals surface area contributed by atoms with E-state index in [1.54, 1.807) is 0 Å². The Morgan fingerprint density at radius 3 is 2.60 bits per heavy atom. The number of rotatable bonds is 5. The Balaban J connectivity index is 2.39. The Kier molecular flexibility index (Phi) is 4.54. The van der Waals surface area contributed by atoms with E-state index in [2.05, 4.69) is 13.8 Å². The van der Waals surface area contributed by atoms with Gasteiger partial charge in [-0.25, -0.2) is 0 Å².